The second-order valence-corrected chi connectivity index (χ2v) is 4.29. The predicted octanol–water partition coefficient (Wildman–Crippen LogP) is 1.01. The van der Waals surface area contributed by atoms with Crippen molar-refractivity contribution in [3.63, 3.8) is 0 Å². The predicted molar refractivity (Wildman–Crippen MR) is 75.3 cm³/mol. The zero-order chi connectivity index (χ0) is 15.9. The third-order valence-corrected chi connectivity index (χ3v) is 2.64. The first kappa shape index (κ1) is 15.4. The van der Waals surface area contributed by atoms with E-state index in [0.717, 1.165) is 6.42 Å². The van der Waals surface area contributed by atoms with Crippen molar-refractivity contribution in [3.05, 3.63) is 34.4 Å². The smallest absolute Gasteiger partial charge is 0.310 e. The highest BCUT2D eigenvalue weighted by molar-refractivity contribution is 5.90. The number of para-hydroxylation sites is 2. The van der Waals surface area contributed by atoms with Crippen molar-refractivity contribution in [2.75, 3.05) is 11.9 Å². The van der Waals surface area contributed by atoms with Crippen molar-refractivity contribution in [3.8, 4) is 5.75 Å². The van der Waals surface area contributed by atoms with E-state index < -0.39 is 10.8 Å². The molecule has 2 aromatic rings. The second kappa shape index (κ2) is 7.11. The highest BCUT2D eigenvalue weighted by atomic mass is 16.6. The molecule has 1 aromatic heterocycles. The minimum Gasteiger partial charge on any atom is -0.477 e. The molecule has 2 rings (SSSR count). The summed E-state index contributed by atoms with van der Waals surface area (Å²) in [7, 11) is 0. The van der Waals surface area contributed by atoms with Crippen LogP contribution in [-0.2, 0) is 11.3 Å². The molecular weight excluding hydrogens is 292 g/mol. The van der Waals surface area contributed by atoms with Crippen LogP contribution in [0.1, 0.15) is 13.3 Å². The lowest BCUT2D eigenvalue weighted by molar-refractivity contribution is -0.385. The van der Waals surface area contributed by atoms with E-state index in [9.17, 15) is 14.9 Å². The molecule has 0 bridgehead atoms. The van der Waals surface area contributed by atoms with Crippen molar-refractivity contribution in [1.82, 2.24) is 20.2 Å². The van der Waals surface area contributed by atoms with E-state index in [1.807, 2.05) is 6.92 Å². The topological polar surface area (TPSA) is 125 Å². The molecule has 0 unspecified atom stereocenters. The lowest BCUT2D eigenvalue weighted by Gasteiger charge is -2.07. The molecule has 1 aromatic carbocycles. The van der Waals surface area contributed by atoms with Crippen LogP contribution in [0.5, 0.6) is 5.75 Å². The monoisotopic (exact) mass is 306 g/mol. The van der Waals surface area contributed by atoms with Gasteiger partial charge in [-0.05, 0) is 22.9 Å². The molecule has 10 heteroatoms. The van der Waals surface area contributed by atoms with Gasteiger partial charge in [0.2, 0.25) is 5.95 Å². The van der Waals surface area contributed by atoms with Gasteiger partial charge in [-0.15, -0.1) is 0 Å². The third-order valence-electron chi connectivity index (χ3n) is 2.64. The molecular formula is C12H14N6O4. The number of hydrogen-bond donors (Lipinski definition) is 1. The number of nitro benzene ring substituents is 1. The number of aryl methyl sites for hydroxylation is 1. The van der Waals surface area contributed by atoms with Crippen LogP contribution in [0.3, 0.4) is 0 Å². The highest BCUT2D eigenvalue weighted by Gasteiger charge is 2.16. The molecule has 22 heavy (non-hydrogen) atoms. The lowest BCUT2D eigenvalue weighted by atomic mass is 10.3. The normalized spacial score (nSPS) is 10.2. The molecule has 10 nitrogen and oxygen atoms in total. The van der Waals surface area contributed by atoms with Crippen LogP contribution in [0.25, 0.3) is 0 Å². The van der Waals surface area contributed by atoms with Crippen LogP contribution >= 0.6 is 0 Å². The van der Waals surface area contributed by atoms with Gasteiger partial charge in [0, 0.05) is 12.6 Å². The number of nitro groups is 1. The van der Waals surface area contributed by atoms with Gasteiger partial charge in [0.25, 0.3) is 5.91 Å². The molecule has 1 amide bonds. The van der Waals surface area contributed by atoms with E-state index in [-0.39, 0.29) is 24.0 Å². The molecule has 116 valence electrons. The Kier molecular flexibility index (Phi) is 4.96. The van der Waals surface area contributed by atoms with Gasteiger partial charge in [0.15, 0.2) is 12.4 Å². The summed E-state index contributed by atoms with van der Waals surface area (Å²) in [4.78, 5) is 22.1. The third kappa shape index (κ3) is 3.75. The van der Waals surface area contributed by atoms with Crippen molar-refractivity contribution in [2.24, 2.45) is 0 Å². The van der Waals surface area contributed by atoms with Crippen molar-refractivity contribution in [1.29, 1.82) is 0 Å². The molecule has 0 aliphatic rings. The van der Waals surface area contributed by atoms with Crippen LogP contribution in [-0.4, -0.2) is 37.6 Å². The molecule has 0 radical (unpaired) electrons. The van der Waals surface area contributed by atoms with E-state index in [1.165, 1.54) is 22.9 Å². The first-order valence-corrected chi connectivity index (χ1v) is 6.54. The highest BCUT2D eigenvalue weighted by Crippen LogP contribution is 2.25. The SMILES string of the molecule is CCCn1nnnc1NC(=O)COc1ccccc1[N+](=O)[O-]. The van der Waals surface area contributed by atoms with E-state index in [2.05, 4.69) is 20.8 Å². The Balaban J connectivity index is 1.96. The average molecular weight is 306 g/mol. The lowest BCUT2D eigenvalue weighted by Crippen LogP contribution is -2.23. The number of nitrogens with one attached hydrogen (secondary N) is 1. The Bertz CT molecular complexity index is 671. The fourth-order valence-corrected chi connectivity index (χ4v) is 1.69. The van der Waals surface area contributed by atoms with Gasteiger partial charge < -0.3 is 4.74 Å². The molecule has 0 aliphatic heterocycles. The summed E-state index contributed by atoms with van der Waals surface area (Å²) in [6, 6.07) is 5.83. The Morgan fingerprint density at radius 1 is 1.45 bits per heavy atom. The number of ether oxygens (including phenoxy) is 1. The number of amides is 1. The number of carbonyl (C=O) groups excluding carboxylic acids is 1. The number of hydrogen-bond acceptors (Lipinski definition) is 7. The zero-order valence-corrected chi connectivity index (χ0v) is 11.8. The molecule has 1 N–H and O–H groups in total. The minimum atomic E-state index is -0.574. The van der Waals surface area contributed by atoms with Gasteiger partial charge in [-0.2, -0.15) is 0 Å². The largest absolute Gasteiger partial charge is 0.477 e. The first-order valence-electron chi connectivity index (χ1n) is 6.54. The molecule has 0 spiro atoms. The molecule has 0 saturated heterocycles. The number of carbonyl (C=O) groups is 1. The summed E-state index contributed by atoms with van der Waals surface area (Å²) in [6.45, 7) is 2.13. The summed E-state index contributed by atoms with van der Waals surface area (Å²) in [5.74, 6) is -0.279. The molecule has 0 aliphatic carbocycles. The fraction of sp³-hybridized carbons (Fsp3) is 0.333. The number of rotatable bonds is 7. The maximum absolute atomic E-state index is 11.8. The molecule has 0 saturated carbocycles. The summed E-state index contributed by atoms with van der Waals surface area (Å²) in [5.41, 5.74) is -0.203. The summed E-state index contributed by atoms with van der Waals surface area (Å²) in [5, 5.41) is 24.2. The molecule has 1 heterocycles. The Hall–Kier alpha value is -3.04. The van der Waals surface area contributed by atoms with Gasteiger partial charge in [0.05, 0.1) is 4.92 Å². The number of tetrazole rings is 1. The maximum atomic E-state index is 11.8. The van der Waals surface area contributed by atoms with Gasteiger partial charge in [-0.25, -0.2) is 4.68 Å². The van der Waals surface area contributed by atoms with Crippen molar-refractivity contribution >= 4 is 17.5 Å². The average Bonchev–Trinajstić information content (AvgIpc) is 2.93. The number of nitrogens with zero attached hydrogens (tertiary/aromatic N) is 5. The van der Waals surface area contributed by atoms with E-state index >= 15 is 0 Å². The van der Waals surface area contributed by atoms with E-state index in [1.54, 1.807) is 6.07 Å². The van der Waals surface area contributed by atoms with Gasteiger partial charge in [-0.1, -0.05) is 24.2 Å². The van der Waals surface area contributed by atoms with Crippen LogP contribution in [0, 0.1) is 10.1 Å². The number of anilines is 1. The van der Waals surface area contributed by atoms with Gasteiger partial charge in [0.1, 0.15) is 0 Å². The van der Waals surface area contributed by atoms with Gasteiger partial charge in [-0.3, -0.25) is 20.2 Å². The van der Waals surface area contributed by atoms with Crippen LogP contribution in [0.2, 0.25) is 0 Å². The van der Waals surface area contributed by atoms with Crippen LogP contribution in [0.4, 0.5) is 11.6 Å². The maximum Gasteiger partial charge on any atom is 0.310 e. The van der Waals surface area contributed by atoms with Crippen LogP contribution < -0.4 is 10.1 Å². The zero-order valence-electron chi connectivity index (χ0n) is 11.8. The molecule has 0 fully saturated rings. The second-order valence-electron chi connectivity index (χ2n) is 4.29. The Labute approximate surface area is 125 Å². The van der Waals surface area contributed by atoms with Crippen molar-refractivity contribution < 1.29 is 14.5 Å². The summed E-state index contributed by atoms with van der Waals surface area (Å²) >= 11 is 0. The quantitative estimate of drug-likeness (QED) is 0.597. The summed E-state index contributed by atoms with van der Waals surface area (Å²) in [6.07, 6.45) is 0.806. The van der Waals surface area contributed by atoms with Crippen LogP contribution in [0.15, 0.2) is 24.3 Å². The fourth-order valence-electron chi connectivity index (χ4n) is 1.69. The number of aromatic nitrogens is 4. The molecule has 0 atom stereocenters. The summed E-state index contributed by atoms with van der Waals surface area (Å²) < 4.78 is 6.62. The Morgan fingerprint density at radius 2 is 2.23 bits per heavy atom. The number of benzene rings is 1. The Morgan fingerprint density at radius 3 is 2.95 bits per heavy atom. The van der Waals surface area contributed by atoms with E-state index in [0.29, 0.717) is 6.54 Å². The van der Waals surface area contributed by atoms with E-state index in [4.69, 9.17) is 4.74 Å². The van der Waals surface area contributed by atoms with Crippen molar-refractivity contribution in [2.45, 2.75) is 19.9 Å². The van der Waals surface area contributed by atoms with Gasteiger partial charge >= 0.3 is 5.69 Å². The minimum absolute atomic E-state index is 0.0239. The standard InChI is InChI=1S/C12H14N6O4/c1-2-7-17-12(14-15-16-17)13-11(19)8-22-10-6-4-3-5-9(10)18(20)21/h3-6H,2,7-8H2,1H3,(H,13,14,16,19). The first-order chi connectivity index (χ1) is 10.6.